The molecule has 0 aliphatic carbocycles. The second-order valence-corrected chi connectivity index (χ2v) is 3.88. The zero-order chi connectivity index (χ0) is 13.8. The van der Waals surface area contributed by atoms with Crippen molar-refractivity contribution in [1.82, 2.24) is 9.78 Å². The van der Waals surface area contributed by atoms with E-state index >= 15 is 0 Å². The zero-order valence-corrected chi connectivity index (χ0v) is 10.5. The number of benzene rings is 1. The summed E-state index contributed by atoms with van der Waals surface area (Å²) >= 11 is 0. The van der Waals surface area contributed by atoms with Crippen molar-refractivity contribution in [3.05, 3.63) is 41.6 Å². The predicted octanol–water partition coefficient (Wildman–Crippen LogP) is 2.10. The van der Waals surface area contributed by atoms with Crippen LogP contribution in [-0.2, 0) is 11.4 Å². The molecule has 19 heavy (non-hydrogen) atoms. The Morgan fingerprint density at radius 3 is 2.68 bits per heavy atom. The van der Waals surface area contributed by atoms with Crippen LogP contribution in [0, 0.1) is 0 Å². The Labute approximate surface area is 109 Å². The zero-order valence-electron chi connectivity index (χ0n) is 10.5. The highest BCUT2D eigenvalue weighted by atomic mass is 19.1. The molecular formula is C13H14FN3O2. The molecule has 6 heteroatoms. The molecule has 0 saturated heterocycles. The first kappa shape index (κ1) is 13.1. The number of hydrogen-bond acceptors (Lipinski definition) is 4. The van der Waals surface area contributed by atoms with Gasteiger partial charge in [-0.15, -0.1) is 0 Å². The first-order valence-electron chi connectivity index (χ1n) is 5.83. The number of aromatic nitrogens is 2. The fourth-order valence-electron chi connectivity index (χ4n) is 1.66. The highest BCUT2D eigenvalue weighted by Gasteiger charge is 2.16. The van der Waals surface area contributed by atoms with Crippen LogP contribution in [0.1, 0.15) is 22.8 Å². The lowest BCUT2D eigenvalue weighted by molar-refractivity contribution is 0.0527. The third kappa shape index (κ3) is 2.57. The van der Waals surface area contributed by atoms with Gasteiger partial charge in [0.15, 0.2) is 0 Å². The molecule has 1 aromatic carbocycles. The number of alkyl halides is 1. The Bertz CT molecular complexity index is 578. The Balaban J connectivity index is 2.32. The Morgan fingerprint density at radius 2 is 2.11 bits per heavy atom. The average Bonchev–Trinajstić information content (AvgIpc) is 2.81. The number of anilines is 1. The largest absolute Gasteiger partial charge is 0.462 e. The van der Waals surface area contributed by atoms with Crippen LogP contribution in [0.4, 0.5) is 10.2 Å². The number of rotatable bonds is 4. The van der Waals surface area contributed by atoms with Gasteiger partial charge in [-0.2, -0.15) is 5.10 Å². The third-order valence-corrected chi connectivity index (χ3v) is 2.64. The lowest BCUT2D eigenvalue weighted by Gasteiger charge is -2.05. The average molecular weight is 263 g/mol. The number of esters is 1. The quantitative estimate of drug-likeness (QED) is 0.857. The lowest BCUT2D eigenvalue weighted by atomic mass is 10.2. The summed E-state index contributed by atoms with van der Waals surface area (Å²) in [5.74, 6) is -0.307. The first-order valence-corrected chi connectivity index (χ1v) is 5.83. The predicted molar refractivity (Wildman–Crippen MR) is 68.7 cm³/mol. The summed E-state index contributed by atoms with van der Waals surface area (Å²) in [6.07, 6.45) is 1.36. The minimum Gasteiger partial charge on any atom is -0.462 e. The molecule has 0 spiro atoms. The van der Waals surface area contributed by atoms with Crippen LogP contribution >= 0.6 is 0 Å². The van der Waals surface area contributed by atoms with Crippen LogP contribution in [-0.4, -0.2) is 22.4 Å². The van der Waals surface area contributed by atoms with E-state index < -0.39 is 12.6 Å². The van der Waals surface area contributed by atoms with E-state index in [-0.39, 0.29) is 18.0 Å². The van der Waals surface area contributed by atoms with E-state index in [0.29, 0.717) is 11.3 Å². The monoisotopic (exact) mass is 263 g/mol. The Kier molecular flexibility index (Phi) is 3.79. The summed E-state index contributed by atoms with van der Waals surface area (Å²) < 4.78 is 18.7. The number of nitrogen functional groups attached to an aromatic ring is 1. The summed E-state index contributed by atoms with van der Waals surface area (Å²) in [6.45, 7) is 1.46. The van der Waals surface area contributed by atoms with E-state index in [9.17, 15) is 9.18 Å². The maximum absolute atomic E-state index is 12.4. The van der Waals surface area contributed by atoms with Crippen LogP contribution < -0.4 is 5.73 Å². The van der Waals surface area contributed by atoms with Crippen molar-refractivity contribution in [1.29, 1.82) is 0 Å². The number of carbonyl (C=O) groups excluding carboxylic acids is 1. The van der Waals surface area contributed by atoms with Gasteiger partial charge in [0.05, 0.1) is 18.5 Å². The summed E-state index contributed by atoms with van der Waals surface area (Å²) in [4.78, 5) is 11.6. The molecule has 0 radical (unpaired) electrons. The minimum atomic E-state index is -0.525. The fraction of sp³-hybridized carbons (Fsp3) is 0.231. The number of carbonyl (C=O) groups is 1. The molecule has 0 amide bonds. The van der Waals surface area contributed by atoms with Crippen molar-refractivity contribution in [2.75, 3.05) is 12.3 Å². The second-order valence-electron chi connectivity index (χ2n) is 3.88. The van der Waals surface area contributed by atoms with Gasteiger partial charge < -0.3 is 10.5 Å². The van der Waals surface area contributed by atoms with Crippen LogP contribution in [0.2, 0.25) is 0 Å². The van der Waals surface area contributed by atoms with Gasteiger partial charge in [0.2, 0.25) is 0 Å². The Morgan fingerprint density at radius 1 is 1.42 bits per heavy atom. The molecule has 1 aromatic heterocycles. The van der Waals surface area contributed by atoms with Crippen LogP contribution in [0.15, 0.2) is 30.5 Å². The van der Waals surface area contributed by atoms with Crippen molar-refractivity contribution >= 4 is 11.8 Å². The number of halogens is 1. The van der Waals surface area contributed by atoms with E-state index in [4.69, 9.17) is 10.5 Å². The van der Waals surface area contributed by atoms with Gasteiger partial charge in [-0.25, -0.2) is 13.9 Å². The summed E-state index contributed by atoms with van der Waals surface area (Å²) in [5.41, 5.74) is 7.31. The summed E-state index contributed by atoms with van der Waals surface area (Å²) in [5, 5.41) is 4.04. The molecule has 0 saturated carbocycles. The van der Waals surface area contributed by atoms with E-state index in [2.05, 4.69) is 5.10 Å². The summed E-state index contributed by atoms with van der Waals surface area (Å²) in [6, 6.07) is 6.65. The molecule has 2 aromatic rings. The van der Waals surface area contributed by atoms with Gasteiger partial charge in [0.1, 0.15) is 18.1 Å². The number of nitrogens with two attached hydrogens (primary N) is 1. The molecule has 100 valence electrons. The minimum absolute atomic E-state index is 0.200. The number of ether oxygens (including phenoxy) is 1. The van der Waals surface area contributed by atoms with E-state index in [1.807, 2.05) is 0 Å². The van der Waals surface area contributed by atoms with Crippen LogP contribution in [0.5, 0.6) is 0 Å². The van der Waals surface area contributed by atoms with Gasteiger partial charge in [0.25, 0.3) is 0 Å². The van der Waals surface area contributed by atoms with E-state index in [1.165, 1.54) is 10.9 Å². The molecule has 0 unspecified atom stereocenters. The van der Waals surface area contributed by atoms with Crippen LogP contribution in [0.3, 0.4) is 0 Å². The first-order chi connectivity index (χ1) is 9.17. The van der Waals surface area contributed by atoms with Gasteiger partial charge in [-0.1, -0.05) is 12.1 Å². The molecule has 0 fully saturated rings. The van der Waals surface area contributed by atoms with Gasteiger partial charge in [-0.05, 0) is 24.6 Å². The fourth-order valence-corrected chi connectivity index (χ4v) is 1.66. The second kappa shape index (κ2) is 5.51. The number of nitrogens with zero attached hydrogens (tertiary/aromatic N) is 2. The topological polar surface area (TPSA) is 70.1 Å². The van der Waals surface area contributed by atoms with Crippen LogP contribution in [0.25, 0.3) is 5.69 Å². The lowest BCUT2D eigenvalue weighted by Crippen LogP contribution is -2.08. The standard InChI is InChI=1S/C13H14FN3O2/c1-2-19-13(18)11-8-16-17(12(11)15)10-5-3-9(7-14)4-6-10/h3-6,8H,2,7,15H2,1H3. The molecule has 0 bridgehead atoms. The highest BCUT2D eigenvalue weighted by Crippen LogP contribution is 2.18. The maximum atomic E-state index is 12.4. The normalized spacial score (nSPS) is 10.4. The van der Waals surface area contributed by atoms with Crippen molar-refractivity contribution in [2.24, 2.45) is 0 Å². The third-order valence-electron chi connectivity index (χ3n) is 2.64. The highest BCUT2D eigenvalue weighted by molar-refractivity contribution is 5.94. The van der Waals surface area contributed by atoms with Gasteiger partial charge in [0, 0.05) is 0 Å². The van der Waals surface area contributed by atoms with Crippen molar-refractivity contribution in [2.45, 2.75) is 13.6 Å². The molecular weight excluding hydrogens is 249 g/mol. The van der Waals surface area contributed by atoms with Crippen molar-refractivity contribution in [3.63, 3.8) is 0 Å². The van der Waals surface area contributed by atoms with Crippen molar-refractivity contribution in [3.8, 4) is 5.69 Å². The summed E-state index contributed by atoms with van der Waals surface area (Å²) in [7, 11) is 0. The van der Waals surface area contributed by atoms with E-state index in [0.717, 1.165) is 0 Å². The molecule has 0 atom stereocenters. The van der Waals surface area contributed by atoms with Gasteiger partial charge in [-0.3, -0.25) is 0 Å². The Hall–Kier alpha value is -2.37. The molecule has 0 aliphatic rings. The van der Waals surface area contributed by atoms with Crippen molar-refractivity contribution < 1.29 is 13.9 Å². The molecule has 0 aliphatic heterocycles. The SMILES string of the molecule is CCOC(=O)c1cnn(-c2ccc(CF)cc2)c1N. The molecule has 2 N–H and O–H groups in total. The molecule has 1 heterocycles. The number of hydrogen-bond donors (Lipinski definition) is 1. The molecule has 2 rings (SSSR count). The molecule has 5 nitrogen and oxygen atoms in total. The smallest absolute Gasteiger partial charge is 0.343 e. The van der Waals surface area contributed by atoms with Gasteiger partial charge >= 0.3 is 5.97 Å². The van der Waals surface area contributed by atoms with E-state index in [1.54, 1.807) is 31.2 Å². The maximum Gasteiger partial charge on any atom is 0.343 e.